The summed E-state index contributed by atoms with van der Waals surface area (Å²) in [7, 11) is 0. The lowest BCUT2D eigenvalue weighted by Gasteiger charge is -2.14. The van der Waals surface area contributed by atoms with Gasteiger partial charge in [0.15, 0.2) is 0 Å². The zero-order valence-electron chi connectivity index (χ0n) is 9.52. The molecule has 0 saturated heterocycles. The molecule has 2 rings (SSSR count). The molecule has 0 aromatic carbocycles. The van der Waals surface area contributed by atoms with Gasteiger partial charge in [0.05, 0.1) is 5.00 Å². The molecule has 1 aliphatic carbocycles. The van der Waals surface area contributed by atoms with Crippen LogP contribution in [0.1, 0.15) is 29.7 Å². The second-order valence-corrected chi connectivity index (χ2v) is 5.30. The Kier molecular flexibility index (Phi) is 3.78. The summed E-state index contributed by atoms with van der Waals surface area (Å²) in [6.07, 6.45) is 4.83. The van der Waals surface area contributed by atoms with Gasteiger partial charge in [-0.05, 0) is 37.3 Å². The highest BCUT2D eigenvalue weighted by Gasteiger charge is 2.17. The van der Waals surface area contributed by atoms with Crippen molar-refractivity contribution in [2.45, 2.75) is 32.1 Å². The molecule has 1 heterocycles. The van der Waals surface area contributed by atoms with Crippen molar-refractivity contribution in [3.63, 3.8) is 0 Å². The molecule has 92 valence electrons. The Bertz CT molecular complexity index is 406. The molecule has 1 aromatic heterocycles. The molecule has 1 amide bonds. The van der Waals surface area contributed by atoms with Crippen molar-refractivity contribution in [3.8, 4) is 0 Å². The van der Waals surface area contributed by atoms with E-state index in [1.807, 2.05) is 0 Å². The van der Waals surface area contributed by atoms with Crippen molar-refractivity contribution in [2.24, 2.45) is 0 Å². The van der Waals surface area contributed by atoms with Gasteiger partial charge in [-0.3, -0.25) is 9.59 Å². The first-order valence-corrected chi connectivity index (χ1v) is 6.57. The number of nitrogens with zero attached hydrogens (tertiary/aromatic N) is 1. The predicted octanol–water partition coefficient (Wildman–Crippen LogP) is 2.06. The van der Waals surface area contributed by atoms with E-state index in [1.165, 1.54) is 16.9 Å². The molecule has 0 aliphatic heterocycles. The van der Waals surface area contributed by atoms with Crippen molar-refractivity contribution in [2.75, 3.05) is 11.4 Å². The molecule has 0 saturated carbocycles. The fourth-order valence-electron chi connectivity index (χ4n) is 2.07. The summed E-state index contributed by atoms with van der Waals surface area (Å²) in [6.45, 7) is 0.481. The lowest BCUT2D eigenvalue weighted by Crippen LogP contribution is -2.21. The Morgan fingerprint density at radius 3 is 3.00 bits per heavy atom. The molecule has 0 atom stereocenters. The van der Waals surface area contributed by atoms with Crippen molar-refractivity contribution >= 4 is 28.7 Å². The van der Waals surface area contributed by atoms with Crippen LogP contribution in [-0.2, 0) is 22.4 Å². The molecular weight excluding hydrogens is 238 g/mol. The largest absolute Gasteiger partial charge is 0.481 e. The van der Waals surface area contributed by atoms with E-state index in [2.05, 4.69) is 6.07 Å². The maximum absolute atomic E-state index is 11.0. The van der Waals surface area contributed by atoms with Gasteiger partial charge in [-0.25, -0.2) is 0 Å². The average Bonchev–Trinajstić information content (AvgIpc) is 2.83. The fourth-order valence-corrected chi connectivity index (χ4v) is 3.31. The van der Waals surface area contributed by atoms with Crippen molar-refractivity contribution in [1.29, 1.82) is 0 Å². The lowest BCUT2D eigenvalue weighted by molar-refractivity contribution is -0.137. The minimum Gasteiger partial charge on any atom is -0.481 e. The normalized spacial score (nSPS) is 13.4. The van der Waals surface area contributed by atoms with E-state index in [0.717, 1.165) is 24.3 Å². The minimum atomic E-state index is -0.815. The van der Waals surface area contributed by atoms with E-state index in [4.69, 9.17) is 5.11 Å². The number of carboxylic acid groups (broad SMARTS) is 1. The molecule has 5 heteroatoms. The summed E-state index contributed by atoms with van der Waals surface area (Å²) in [5.74, 6) is -0.815. The number of aryl methyl sites for hydroxylation is 2. The highest BCUT2D eigenvalue weighted by Crippen LogP contribution is 2.35. The summed E-state index contributed by atoms with van der Waals surface area (Å²) in [5, 5.41) is 9.51. The molecule has 1 aliphatic rings. The first-order chi connectivity index (χ1) is 8.20. The molecular formula is C12H15NO3S. The number of fused-ring (bicyclic) bond motifs is 1. The number of anilines is 1. The number of aliphatic carboxylic acids is 1. The Balaban J connectivity index is 1.97. The van der Waals surface area contributed by atoms with Gasteiger partial charge in [-0.2, -0.15) is 0 Å². The summed E-state index contributed by atoms with van der Waals surface area (Å²) in [6, 6.07) is 2.07. The summed E-state index contributed by atoms with van der Waals surface area (Å²) < 4.78 is 0. The molecule has 0 radical (unpaired) electrons. The third kappa shape index (κ3) is 2.85. The summed E-state index contributed by atoms with van der Waals surface area (Å²) in [4.78, 5) is 24.4. The van der Waals surface area contributed by atoms with Gasteiger partial charge in [0.2, 0.25) is 6.41 Å². The summed E-state index contributed by atoms with van der Waals surface area (Å²) >= 11 is 1.66. The molecule has 0 bridgehead atoms. The number of carbonyl (C=O) groups excluding carboxylic acids is 1. The Morgan fingerprint density at radius 2 is 2.35 bits per heavy atom. The Morgan fingerprint density at radius 1 is 1.53 bits per heavy atom. The van der Waals surface area contributed by atoms with Gasteiger partial charge >= 0.3 is 5.97 Å². The van der Waals surface area contributed by atoms with E-state index < -0.39 is 5.97 Å². The van der Waals surface area contributed by atoms with Gasteiger partial charge in [-0.1, -0.05) is 0 Å². The molecule has 17 heavy (non-hydrogen) atoms. The molecule has 4 nitrogen and oxygen atoms in total. The maximum atomic E-state index is 11.0. The molecule has 0 unspecified atom stereocenters. The van der Waals surface area contributed by atoms with Crippen LogP contribution in [0.2, 0.25) is 0 Å². The van der Waals surface area contributed by atoms with Crippen LogP contribution in [0.4, 0.5) is 5.00 Å². The maximum Gasteiger partial charge on any atom is 0.303 e. The zero-order chi connectivity index (χ0) is 12.3. The molecule has 1 N–H and O–H groups in total. The van der Waals surface area contributed by atoms with E-state index in [9.17, 15) is 9.59 Å². The van der Waals surface area contributed by atoms with Crippen LogP contribution in [0.15, 0.2) is 6.07 Å². The number of carboxylic acids is 1. The fraction of sp³-hybridized carbons (Fsp3) is 0.500. The predicted molar refractivity (Wildman–Crippen MR) is 66.6 cm³/mol. The second-order valence-electron chi connectivity index (χ2n) is 4.18. The minimum absolute atomic E-state index is 0.107. The zero-order valence-corrected chi connectivity index (χ0v) is 10.3. The van der Waals surface area contributed by atoms with Gasteiger partial charge in [0.25, 0.3) is 0 Å². The highest BCUT2D eigenvalue weighted by molar-refractivity contribution is 7.16. The Hall–Kier alpha value is -1.36. The molecule has 0 spiro atoms. The summed E-state index contributed by atoms with van der Waals surface area (Å²) in [5.41, 5.74) is 1.36. The number of thiophene rings is 1. The van der Waals surface area contributed by atoms with Crippen LogP contribution in [0.3, 0.4) is 0 Å². The molecule has 1 aromatic rings. The SMILES string of the molecule is O=CN(CCCC(=O)O)c1cc2c(s1)CCC2. The molecule has 0 fully saturated rings. The quantitative estimate of drug-likeness (QED) is 0.789. The standard InChI is InChI=1S/C12H15NO3S/c14-8-13(6-2-5-12(15)16)11-7-9-3-1-4-10(9)17-11/h7-8H,1-6H2,(H,15,16). The smallest absolute Gasteiger partial charge is 0.303 e. The topological polar surface area (TPSA) is 57.6 Å². The van der Waals surface area contributed by atoms with Crippen LogP contribution in [0, 0.1) is 0 Å². The van der Waals surface area contributed by atoms with Crippen LogP contribution >= 0.6 is 11.3 Å². The third-order valence-corrected chi connectivity index (χ3v) is 4.21. The van der Waals surface area contributed by atoms with Crippen LogP contribution in [0.5, 0.6) is 0 Å². The second kappa shape index (κ2) is 5.31. The van der Waals surface area contributed by atoms with Crippen molar-refractivity contribution < 1.29 is 14.7 Å². The third-order valence-electron chi connectivity index (χ3n) is 2.93. The van der Waals surface area contributed by atoms with Crippen molar-refractivity contribution in [3.05, 3.63) is 16.5 Å². The number of hydrogen-bond donors (Lipinski definition) is 1. The van der Waals surface area contributed by atoms with E-state index in [1.54, 1.807) is 16.2 Å². The number of hydrogen-bond acceptors (Lipinski definition) is 3. The Labute approximate surface area is 104 Å². The van der Waals surface area contributed by atoms with Crippen molar-refractivity contribution in [1.82, 2.24) is 0 Å². The van der Waals surface area contributed by atoms with Crippen LogP contribution in [-0.4, -0.2) is 24.0 Å². The van der Waals surface area contributed by atoms with Gasteiger partial charge in [0.1, 0.15) is 0 Å². The van der Waals surface area contributed by atoms with Crippen LogP contribution < -0.4 is 4.90 Å². The van der Waals surface area contributed by atoms with Gasteiger partial charge in [0, 0.05) is 17.8 Å². The van der Waals surface area contributed by atoms with Gasteiger partial charge in [-0.15, -0.1) is 11.3 Å². The monoisotopic (exact) mass is 253 g/mol. The number of carbonyl (C=O) groups is 2. The number of rotatable bonds is 6. The van der Waals surface area contributed by atoms with E-state index >= 15 is 0 Å². The van der Waals surface area contributed by atoms with E-state index in [-0.39, 0.29) is 6.42 Å². The highest BCUT2D eigenvalue weighted by atomic mass is 32.1. The lowest BCUT2D eigenvalue weighted by atomic mass is 10.2. The van der Waals surface area contributed by atoms with E-state index in [0.29, 0.717) is 13.0 Å². The first kappa shape index (κ1) is 12.1. The van der Waals surface area contributed by atoms with Crippen LogP contribution in [0.25, 0.3) is 0 Å². The first-order valence-electron chi connectivity index (χ1n) is 5.76. The van der Waals surface area contributed by atoms with Gasteiger partial charge < -0.3 is 10.0 Å². The average molecular weight is 253 g/mol. The number of amides is 1.